The van der Waals surface area contributed by atoms with Gasteiger partial charge in [0.25, 0.3) is 0 Å². The molecule has 0 aliphatic carbocycles. The summed E-state index contributed by atoms with van der Waals surface area (Å²) in [5.41, 5.74) is 6.20. The Labute approximate surface area is 75.2 Å². The summed E-state index contributed by atoms with van der Waals surface area (Å²) in [6.45, 7) is 1.26. The first-order valence-electron chi connectivity index (χ1n) is 3.67. The number of oxime groups is 1. The van der Waals surface area contributed by atoms with Crippen LogP contribution < -0.4 is 10.7 Å². The van der Waals surface area contributed by atoms with E-state index in [-0.39, 0.29) is 5.84 Å². The average molecular weight is 180 g/mol. The van der Waals surface area contributed by atoms with Crippen molar-refractivity contribution in [2.45, 2.75) is 6.92 Å². The lowest BCUT2D eigenvalue weighted by atomic mass is 10.2. The first-order chi connectivity index (χ1) is 6.20. The Morgan fingerprint density at radius 2 is 2.15 bits per heavy atom. The Kier molecular flexibility index (Phi) is 2.97. The number of aromatic nitrogens is 1. The van der Waals surface area contributed by atoms with Crippen LogP contribution in [0.2, 0.25) is 0 Å². The fraction of sp³-hybridized carbons (Fsp3) is 0.125. The number of nitrogens with one attached hydrogen (secondary N) is 1. The van der Waals surface area contributed by atoms with Gasteiger partial charge in [0.1, 0.15) is 0 Å². The van der Waals surface area contributed by atoms with Gasteiger partial charge in [-0.2, -0.15) is 0 Å². The molecule has 0 bridgehead atoms. The summed E-state index contributed by atoms with van der Waals surface area (Å²) in [5.74, 6) is -0.324. The summed E-state index contributed by atoms with van der Waals surface area (Å²) in [6.07, 6.45) is 3.40. The summed E-state index contributed by atoms with van der Waals surface area (Å²) < 4.78 is 0. The van der Waals surface area contributed by atoms with Gasteiger partial charge < -0.3 is 10.6 Å². The number of rotatable bonds is 2. The summed E-state index contributed by atoms with van der Waals surface area (Å²) in [4.78, 5) is 17.6. The normalized spacial score (nSPS) is 11.0. The van der Waals surface area contributed by atoms with Crippen LogP contribution in [0.25, 0.3) is 0 Å². The van der Waals surface area contributed by atoms with Crippen molar-refractivity contribution >= 4 is 11.8 Å². The minimum absolute atomic E-state index is 0.171. The third kappa shape index (κ3) is 2.90. The summed E-state index contributed by atoms with van der Waals surface area (Å²) in [7, 11) is 0. The summed E-state index contributed by atoms with van der Waals surface area (Å²) in [6, 6.07) is 3.45. The minimum atomic E-state index is -0.495. The predicted octanol–water partition coefficient (Wildman–Crippen LogP) is -0.316. The molecule has 0 spiro atoms. The molecule has 3 N–H and O–H groups in total. The molecular weight excluding hydrogens is 170 g/mol. The van der Waals surface area contributed by atoms with Gasteiger partial charge >= 0.3 is 5.97 Å². The lowest BCUT2D eigenvalue weighted by Gasteiger charge is -1.96. The van der Waals surface area contributed by atoms with Crippen LogP contribution in [0.5, 0.6) is 0 Å². The third-order valence-corrected chi connectivity index (χ3v) is 1.29. The highest BCUT2D eigenvalue weighted by molar-refractivity contribution is 5.97. The van der Waals surface area contributed by atoms with Gasteiger partial charge in [0, 0.05) is 24.6 Å². The molecule has 0 saturated heterocycles. The van der Waals surface area contributed by atoms with Crippen molar-refractivity contribution in [2.75, 3.05) is 0 Å². The van der Waals surface area contributed by atoms with E-state index in [1.54, 1.807) is 24.5 Å². The van der Waals surface area contributed by atoms with Crippen LogP contribution in [-0.4, -0.2) is 11.8 Å². The first-order valence-corrected chi connectivity index (χ1v) is 3.67. The fourth-order valence-corrected chi connectivity index (χ4v) is 0.724. The van der Waals surface area contributed by atoms with Crippen molar-refractivity contribution in [3.63, 3.8) is 0 Å². The topological polar surface area (TPSA) is 78.8 Å². The van der Waals surface area contributed by atoms with Crippen LogP contribution in [0.1, 0.15) is 12.5 Å². The number of pyridine rings is 1. The maximum absolute atomic E-state index is 10.4. The molecule has 0 amide bonds. The highest BCUT2D eigenvalue weighted by atomic mass is 16.7. The molecule has 0 atom stereocenters. The Hall–Kier alpha value is -1.91. The van der Waals surface area contributed by atoms with Crippen molar-refractivity contribution < 1.29 is 14.6 Å². The summed E-state index contributed by atoms with van der Waals surface area (Å²) in [5, 5.41) is 3.42. The number of carbonyl (C=O) groups is 1. The van der Waals surface area contributed by atoms with E-state index in [4.69, 9.17) is 5.73 Å². The second kappa shape index (κ2) is 4.20. The first kappa shape index (κ1) is 9.18. The molecule has 68 valence electrons. The Bertz CT molecular complexity index is 321. The number of nitrogens with two attached hydrogens (primary N) is 1. The standard InChI is InChI=1S/C8H9N3O2/c1-6(12)13-11-8(9)7-2-4-10-5-3-7/h2-5H,1H3,(H2,9,11)/p+1. The van der Waals surface area contributed by atoms with Crippen LogP contribution >= 0.6 is 0 Å². The molecule has 0 fully saturated rings. The molecule has 0 radical (unpaired) electrons. The maximum Gasteiger partial charge on any atom is 0.332 e. The lowest BCUT2D eigenvalue weighted by Crippen LogP contribution is -2.15. The van der Waals surface area contributed by atoms with Crippen LogP contribution in [0.4, 0.5) is 0 Å². The predicted molar refractivity (Wildman–Crippen MR) is 45.5 cm³/mol. The molecule has 1 aromatic rings. The lowest BCUT2D eigenvalue weighted by molar-refractivity contribution is -0.378. The van der Waals surface area contributed by atoms with Gasteiger partial charge in [-0.25, -0.2) is 9.78 Å². The van der Waals surface area contributed by atoms with Crippen LogP contribution in [0.3, 0.4) is 0 Å². The second-order valence-corrected chi connectivity index (χ2v) is 2.35. The fourth-order valence-electron chi connectivity index (χ4n) is 0.724. The molecule has 13 heavy (non-hydrogen) atoms. The maximum atomic E-state index is 10.4. The van der Waals surface area contributed by atoms with E-state index in [1.165, 1.54) is 6.92 Å². The van der Waals surface area contributed by atoms with E-state index < -0.39 is 5.97 Å². The highest BCUT2D eigenvalue weighted by Gasteiger charge is 1.99. The summed E-state index contributed by atoms with van der Waals surface area (Å²) >= 11 is 0. The SMILES string of the molecule is CC(=O)ON=C(N)c1cc[nH+]cc1. The van der Waals surface area contributed by atoms with Gasteiger partial charge in [-0.15, -0.1) is 0 Å². The van der Waals surface area contributed by atoms with Gasteiger partial charge in [-0.3, -0.25) is 0 Å². The van der Waals surface area contributed by atoms with Crippen molar-refractivity contribution in [2.24, 2.45) is 10.9 Å². The molecule has 1 aromatic heterocycles. The highest BCUT2D eigenvalue weighted by Crippen LogP contribution is 1.93. The molecule has 0 aromatic carbocycles. The minimum Gasteiger partial charge on any atom is -0.380 e. The number of carbonyl (C=O) groups excluding carboxylic acids is 1. The van der Waals surface area contributed by atoms with Crippen molar-refractivity contribution in [1.29, 1.82) is 0 Å². The smallest absolute Gasteiger partial charge is 0.332 e. The van der Waals surface area contributed by atoms with Gasteiger partial charge in [-0.1, -0.05) is 5.16 Å². The Morgan fingerprint density at radius 3 is 2.69 bits per heavy atom. The van der Waals surface area contributed by atoms with E-state index in [0.29, 0.717) is 5.56 Å². The Balaban J connectivity index is 2.73. The second-order valence-electron chi connectivity index (χ2n) is 2.35. The zero-order valence-electron chi connectivity index (χ0n) is 7.15. The molecule has 1 heterocycles. The van der Waals surface area contributed by atoms with Crippen molar-refractivity contribution in [1.82, 2.24) is 0 Å². The van der Waals surface area contributed by atoms with E-state index in [9.17, 15) is 4.79 Å². The average Bonchev–Trinajstić information content (AvgIpc) is 2.15. The van der Waals surface area contributed by atoms with Gasteiger partial charge in [0.2, 0.25) is 0 Å². The molecule has 0 unspecified atom stereocenters. The molecule has 5 nitrogen and oxygen atoms in total. The van der Waals surface area contributed by atoms with Gasteiger partial charge in [-0.05, 0) is 0 Å². The van der Waals surface area contributed by atoms with E-state index in [0.717, 1.165) is 0 Å². The number of hydrogen-bond donors (Lipinski definition) is 1. The number of aromatic amines is 1. The molecular formula is C8H10N3O2+. The van der Waals surface area contributed by atoms with Gasteiger partial charge in [0.15, 0.2) is 18.2 Å². The molecule has 0 aliphatic heterocycles. The zero-order valence-corrected chi connectivity index (χ0v) is 7.15. The van der Waals surface area contributed by atoms with E-state index in [2.05, 4.69) is 15.0 Å². The Morgan fingerprint density at radius 1 is 1.54 bits per heavy atom. The zero-order chi connectivity index (χ0) is 9.68. The van der Waals surface area contributed by atoms with Crippen molar-refractivity contribution in [3.05, 3.63) is 30.1 Å². The van der Waals surface area contributed by atoms with Crippen LogP contribution in [0, 0.1) is 0 Å². The number of nitrogens with zero attached hydrogens (tertiary/aromatic N) is 1. The van der Waals surface area contributed by atoms with Gasteiger partial charge in [0.05, 0.1) is 0 Å². The molecule has 1 rings (SSSR count). The number of amidine groups is 1. The van der Waals surface area contributed by atoms with E-state index in [1.807, 2.05) is 0 Å². The largest absolute Gasteiger partial charge is 0.380 e. The van der Waals surface area contributed by atoms with Crippen molar-refractivity contribution in [3.8, 4) is 0 Å². The molecule has 0 saturated carbocycles. The molecule has 0 aliphatic rings. The third-order valence-electron chi connectivity index (χ3n) is 1.29. The number of hydrogen-bond acceptors (Lipinski definition) is 3. The quantitative estimate of drug-likeness (QED) is 0.293. The van der Waals surface area contributed by atoms with Crippen LogP contribution in [-0.2, 0) is 9.63 Å². The molecule has 5 heteroatoms. The van der Waals surface area contributed by atoms with Crippen LogP contribution in [0.15, 0.2) is 29.7 Å². The number of H-pyrrole nitrogens is 1. The van der Waals surface area contributed by atoms with E-state index >= 15 is 0 Å². The monoisotopic (exact) mass is 180 g/mol.